The lowest BCUT2D eigenvalue weighted by Crippen LogP contribution is -2.26. The highest BCUT2D eigenvalue weighted by molar-refractivity contribution is 6.11. The maximum Gasteiger partial charge on any atom is 0.136 e. The summed E-state index contributed by atoms with van der Waals surface area (Å²) >= 11 is 0. The molecule has 1 aromatic heterocycles. The molecule has 1 heterocycles. The summed E-state index contributed by atoms with van der Waals surface area (Å²) in [5, 5.41) is 4.72. The minimum Gasteiger partial charge on any atom is -0.456 e. The molecule has 1 heteroatoms. The first-order valence-corrected chi connectivity index (χ1v) is 16.7. The highest BCUT2D eigenvalue weighted by Crippen LogP contribution is 2.63. The van der Waals surface area contributed by atoms with E-state index in [2.05, 4.69) is 170 Å². The summed E-state index contributed by atoms with van der Waals surface area (Å²) < 4.78 is 6.37. The van der Waals surface area contributed by atoms with Crippen molar-refractivity contribution in [3.63, 3.8) is 0 Å². The van der Waals surface area contributed by atoms with E-state index in [0.29, 0.717) is 0 Å². The zero-order valence-corrected chi connectivity index (χ0v) is 26.1. The standard InChI is InChI=1S/C47H28O/c1-2-10-29(11-3-1)33-18-21-37-38-22-19-34(32-20-23-45-39(25-32)40-24-30-12-4-5-13-31(30)28-46(40)48-45)27-44(38)47(43(37)26-33)41-16-8-6-14-35(41)36-15-7-9-17-42(36)47/h1-28H. The van der Waals surface area contributed by atoms with Gasteiger partial charge in [0.15, 0.2) is 0 Å². The van der Waals surface area contributed by atoms with Crippen molar-refractivity contribution in [3.05, 3.63) is 192 Å². The van der Waals surface area contributed by atoms with Gasteiger partial charge in [0.1, 0.15) is 11.2 Å². The summed E-state index contributed by atoms with van der Waals surface area (Å²) in [4.78, 5) is 0. The Labute approximate surface area is 278 Å². The average Bonchev–Trinajstić information content (AvgIpc) is 3.77. The van der Waals surface area contributed by atoms with Gasteiger partial charge in [0.05, 0.1) is 5.41 Å². The molecule has 0 saturated carbocycles. The van der Waals surface area contributed by atoms with Crippen molar-refractivity contribution in [3.8, 4) is 44.5 Å². The molecule has 0 atom stereocenters. The van der Waals surface area contributed by atoms with E-state index in [9.17, 15) is 0 Å². The lowest BCUT2D eigenvalue weighted by atomic mass is 9.70. The topological polar surface area (TPSA) is 13.1 Å². The van der Waals surface area contributed by atoms with E-state index in [1.807, 2.05) is 0 Å². The van der Waals surface area contributed by atoms with Gasteiger partial charge in [0.2, 0.25) is 0 Å². The van der Waals surface area contributed by atoms with Gasteiger partial charge < -0.3 is 4.42 Å². The maximum atomic E-state index is 6.37. The first-order chi connectivity index (χ1) is 23.8. The normalized spacial score (nSPS) is 13.6. The molecule has 0 unspecified atom stereocenters. The lowest BCUT2D eigenvalue weighted by molar-refractivity contribution is 0.669. The summed E-state index contributed by atoms with van der Waals surface area (Å²) in [6, 6.07) is 62.7. The Hall–Kier alpha value is -6.18. The van der Waals surface area contributed by atoms with Gasteiger partial charge in [-0.25, -0.2) is 0 Å². The van der Waals surface area contributed by atoms with E-state index in [1.54, 1.807) is 0 Å². The maximum absolute atomic E-state index is 6.37. The zero-order valence-electron chi connectivity index (χ0n) is 26.1. The number of hydrogen-bond donors (Lipinski definition) is 0. The number of benzene rings is 8. The van der Waals surface area contributed by atoms with Crippen molar-refractivity contribution in [1.82, 2.24) is 0 Å². The molecular formula is C47H28O. The predicted molar refractivity (Wildman–Crippen MR) is 198 cm³/mol. The third-order valence-corrected chi connectivity index (χ3v) is 10.9. The van der Waals surface area contributed by atoms with Crippen LogP contribution in [0.4, 0.5) is 0 Å². The molecule has 222 valence electrons. The van der Waals surface area contributed by atoms with Crippen molar-refractivity contribution in [2.75, 3.05) is 0 Å². The molecule has 8 aromatic carbocycles. The molecule has 0 saturated heterocycles. The SMILES string of the molecule is c1ccc(-c2ccc3c(c2)C2(c4ccccc4-c4ccccc42)c2cc(-c4ccc5oc6cc7ccccc7cc6c5c4)ccc2-3)cc1. The lowest BCUT2D eigenvalue weighted by Gasteiger charge is -2.31. The van der Waals surface area contributed by atoms with Gasteiger partial charge in [-0.1, -0.05) is 133 Å². The molecule has 0 fully saturated rings. The van der Waals surface area contributed by atoms with Gasteiger partial charge in [-0.3, -0.25) is 0 Å². The molecule has 2 aliphatic rings. The Balaban J connectivity index is 1.17. The second kappa shape index (κ2) is 9.44. The highest BCUT2D eigenvalue weighted by Gasteiger charge is 2.51. The van der Waals surface area contributed by atoms with Gasteiger partial charge in [-0.15, -0.1) is 0 Å². The van der Waals surface area contributed by atoms with Crippen LogP contribution in [0.5, 0.6) is 0 Å². The molecule has 1 spiro atoms. The fourth-order valence-corrected chi connectivity index (χ4v) is 8.77. The van der Waals surface area contributed by atoms with Crippen molar-refractivity contribution >= 4 is 32.7 Å². The van der Waals surface area contributed by atoms with Gasteiger partial charge in [-0.05, 0) is 114 Å². The van der Waals surface area contributed by atoms with Crippen molar-refractivity contribution in [1.29, 1.82) is 0 Å². The first-order valence-electron chi connectivity index (χ1n) is 16.7. The van der Waals surface area contributed by atoms with E-state index in [0.717, 1.165) is 21.9 Å². The molecule has 0 N–H and O–H groups in total. The monoisotopic (exact) mass is 608 g/mol. The van der Waals surface area contributed by atoms with E-state index in [4.69, 9.17) is 4.42 Å². The van der Waals surface area contributed by atoms with Crippen molar-refractivity contribution in [2.45, 2.75) is 5.41 Å². The Bertz CT molecular complexity index is 2740. The number of rotatable bonds is 2. The molecule has 2 aliphatic carbocycles. The van der Waals surface area contributed by atoms with Crippen LogP contribution in [0.2, 0.25) is 0 Å². The summed E-state index contributed by atoms with van der Waals surface area (Å²) in [5.41, 5.74) is 17.0. The summed E-state index contributed by atoms with van der Waals surface area (Å²) in [6.07, 6.45) is 0. The Morgan fingerprint density at radius 3 is 1.50 bits per heavy atom. The van der Waals surface area contributed by atoms with E-state index < -0.39 is 5.41 Å². The molecule has 48 heavy (non-hydrogen) atoms. The van der Waals surface area contributed by atoms with Gasteiger partial charge in [0.25, 0.3) is 0 Å². The fourth-order valence-electron chi connectivity index (χ4n) is 8.77. The zero-order chi connectivity index (χ0) is 31.4. The van der Waals surface area contributed by atoms with Gasteiger partial charge in [-0.2, -0.15) is 0 Å². The quantitative estimate of drug-likeness (QED) is 0.190. The van der Waals surface area contributed by atoms with Crippen molar-refractivity contribution in [2.24, 2.45) is 0 Å². The summed E-state index contributed by atoms with van der Waals surface area (Å²) in [7, 11) is 0. The Morgan fingerprint density at radius 1 is 0.312 bits per heavy atom. The number of furan rings is 1. The third kappa shape index (κ3) is 3.35. The minimum atomic E-state index is -0.413. The average molecular weight is 609 g/mol. The summed E-state index contributed by atoms with van der Waals surface area (Å²) in [5.74, 6) is 0. The molecule has 0 radical (unpaired) electrons. The van der Waals surface area contributed by atoms with E-state index >= 15 is 0 Å². The minimum absolute atomic E-state index is 0.413. The van der Waals surface area contributed by atoms with Crippen LogP contribution in [0.1, 0.15) is 22.3 Å². The van der Waals surface area contributed by atoms with E-state index in [1.165, 1.54) is 77.5 Å². The summed E-state index contributed by atoms with van der Waals surface area (Å²) in [6.45, 7) is 0. The van der Waals surface area contributed by atoms with Crippen LogP contribution in [0.25, 0.3) is 77.2 Å². The molecule has 0 amide bonds. The van der Waals surface area contributed by atoms with Crippen LogP contribution in [-0.4, -0.2) is 0 Å². The molecule has 0 aliphatic heterocycles. The predicted octanol–water partition coefficient (Wildman–Crippen LogP) is 12.4. The van der Waals surface area contributed by atoms with Crippen LogP contribution in [0, 0.1) is 0 Å². The Morgan fingerprint density at radius 2 is 0.812 bits per heavy atom. The largest absolute Gasteiger partial charge is 0.456 e. The molecule has 9 aromatic rings. The number of hydrogen-bond acceptors (Lipinski definition) is 1. The van der Waals surface area contributed by atoms with E-state index in [-0.39, 0.29) is 0 Å². The van der Waals surface area contributed by atoms with Crippen LogP contribution >= 0.6 is 0 Å². The molecular weight excluding hydrogens is 581 g/mol. The highest BCUT2D eigenvalue weighted by atomic mass is 16.3. The Kier molecular flexibility index (Phi) is 5.10. The van der Waals surface area contributed by atoms with Gasteiger partial charge in [0, 0.05) is 10.8 Å². The second-order valence-corrected chi connectivity index (χ2v) is 13.2. The third-order valence-electron chi connectivity index (χ3n) is 10.9. The first kappa shape index (κ1) is 25.9. The van der Waals surface area contributed by atoms with Crippen LogP contribution in [0.15, 0.2) is 174 Å². The van der Waals surface area contributed by atoms with Crippen LogP contribution in [0.3, 0.4) is 0 Å². The fraction of sp³-hybridized carbons (Fsp3) is 0.0213. The number of fused-ring (bicyclic) bond motifs is 14. The van der Waals surface area contributed by atoms with Crippen molar-refractivity contribution < 1.29 is 4.42 Å². The smallest absolute Gasteiger partial charge is 0.136 e. The molecule has 1 nitrogen and oxygen atoms in total. The van der Waals surface area contributed by atoms with Crippen LogP contribution in [-0.2, 0) is 5.41 Å². The molecule has 11 rings (SSSR count). The second-order valence-electron chi connectivity index (χ2n) is 13.2. The molecule has 0 bridgehead atoms. The van der Waals surface area contributed by atoms with Crippen LogP contribution < -0.4 is 0 Å². The van der Waals surface area contributed by atoms with Gasteiger partial charge >= 0.3 is 0 Å².